The average Bonchev–Trinajstić information content (AvgIpc) is 3.51. The molecule has 1 aromatic heterocycles. The zero-order valence-corrected chi connectivity index (χ0v) is 20.6. The van der Waals surface area contributed by atoms with Gasteiger partial charge in [0.05, 0.1) is 19.3 Å². The normalized spacial score (nSPS) is 17.6. The topological polar surface area (TPSA) is 64.0 Å². The van der Waals surface area contributed by atoms with Crippen molar-refractivity contribution in [2.45, 2.75) is 25.2 Å². The molecular formula is C26H23ClF3N3O4. The van der Waals surface area contributed by atoms with Gasteiger partial charge < -0.3 is 23.8 Å². The van der Waals surface area contributed by atoms with E-state index in [-0.39, 0.29) is 18.9 Å². The molecule has 3 heterocycles. The molecule has 11 heteroatoms. The predicted octanol–water partition coefficient (Wildman–Crippen LogP) is 5.16. The van der Waals surface area contributed by atoms with Gasteiger partial charge in [-0.15, -0.1) is 0 Å². The summed E-state index contributed by atoms with van der Waals surface area (Å²) in [4.78, 5) is 28.0. The number of halogens is 4. The Morgan fingerprint density at radius 3 is 2.49 bits per heavy atom. The van der Waals surface area contributed by atoms with Crippen LogP contribution < -0.4 is 14.5 Å². The molecule has 0 aliphatic carbocycles. The smallest absolute Gasteiger partial charge is 0.490 e. The van der Waals surface area contributed by atoms with Crippen molar-refractivity contribution < 1.29 is 32.2 Å². The number of carbonyl (C=O) groups is 2. The number of ether oxygens (including phenoxy) is 2. The molecule has 5 rings (SSSR count). The molecule has 2 aromatic carbocycles. The SMILES string of the molecule is COc1cc(N2CCn3cc(-c4ccc(Cl)cc4)cc3C2=O)ccc1N1CCC(OC(=O)C(F)(F)F)C1. The minimum Gasteiger partial charge on any atom is -0.495 e. The lowest BCUT2D eigenvalue weighted by atomic mass is 10.1. The number of hydrogen-bond acceptors (Lipinski definition) is 5. The number of hydrogen-bond donors (Lipinski definition) is 0. The number of benzene rings is 2. The van der Waals surface area contributed by atoms with E-state index < -0.39 is 18.2 Å². The summed E-state index contributed by atoms with van der Waals surface area (Å²) in [7, 11) is 1.49. The molecule has 1 unspecified atom stereocenters. The molecule has 2 aliphatic rings. The first-order valence-electron chi connectivity index (χ1n) is 11.6. The maximum atomic E-state index is 13.4. The molecule has 37 heavy (non-hydrogen) atoms. The zero-order chi connectivity index (χ0) is 26.3. The molecule has 7 nitrogen and oxygen atoms in total. The van der Waals surface area contributed by atoms with Crippen LogP contribution in [0, 0.1) is 0 Å². The van der Waals surface area contributed by atoms with Crippen LogP contribution in [0.25, 0.3) is 11.1 Å². The molecule has 0 spiro atoms. The number of esters is 1. The van der Waals surface area contributed by atoms with Gasteiger partial charge in [-0.3, -0.25) is 4.79 Å². The van der Waals surface area contributed by atoms with Gasteiger partial charge in [0.1, 0.15) is 17.5 Å². The summed E-state index contributed by atoms with van der Waals surface area (Å²) in [5, 5.41) is 0.638. The summed E-state index contributed by atoms with van der Waals surface area (Å²) in [6.45, 7) is 1.58. The summed E-state index contributed by atoms with van der Waals surface area (Å²) in [5.41, 5.74) is 3.74. The standard InChI is InChI=1S/C26H23ClF3N3O4/c1-36-23-13-19(6-7-21(23)31-9-8-20(15-31)37-25(35)26(28,29)30)33-11-10-32-14-17(12-22(32)24(33)34)16-2-4-18(27)5-3-16/h2-7,12-14,20H,8-11,15H2,1H3. The highest BCUT2D eigenvalue weighted by Crippen LogP contribution is 2.37. The third-order valence-corrected chi connectivity index (χ3v) is 6.82. The van der Waals surface area contributed by atoms with Crippen LogP contribution in [0.5, 0.6) is 5.75 Å². The molecule has 1 amide bonds. The van der Waals surface area contributed by atoms with Gasteiger partial charge in [0, 0.05) is 54.6 Å². The second kappa shape index (κ2) is 9.66. The molecule has 0 bridgehead atoms. The molecule has 2 aliphatic heterocycles. The van der Waals surface area contributed by atoms with Crippen molar-refractivity contribution in [2.75, 3.05) is 36.5 Å². The number of anilines is 2. The maximum Gasteiger partial charge on any atom is 0.490 e. The Morgan fingerprint density at radius 1 is 1.03 bits per heavy atom. The van der Waals surface area contributed by atoms with Crippen LogP contribution in [0.2, 0.25) is 5.02 Å². The Hall–Kier alpha value is -3.66. The Balaban J connectivity index is 1.33. The highest BCUT2D eigenvalue weighted by Gasteiger charge is 2.43. The number of aromatic nitrogens is 1. The summed E-state index contributed by atoms with van der Waals surface area (Å²) in [5.74, 6) is -1.87. The fourth-order valence-electron chi connectivity index (χ4n) is 4.73. The quantitative estimate of drug-likeness (QED) is 0.424. The monoisotopic (exact) mass is 533 g/mol. The van der Waals surface area contributed by atoms with Crippen LogP contribution in [0.1, 0.15) is 16.9 Å². The summed E-state index contributed by atoms with van der Waals surface area (Å²) in [6, 6.07) is 14.6. The van der Waals surface area contributed by atoms with Gasteiger partial charge in [0.25, 0.3) is 5.91 Å². The van der Waals surface area contributed by atoms with Crippen LogP contribution in [0.3, 0.4) is 0 Å². The van der Waals surface area contributed by atoms with Gasteiger partial charge in [0.15, 0.2) is 0 Å². The Bertz CT molecular complexity index is 1340. The Morgan fingerprint density at radius 2 is 1.78 bits per heavy atom. The Kier molecular flexibility index (Phi) is 6.53. The second-order valence-corrected chi connectivity index (χ2v) is 9.32. The third-order valence-electron chi connectivity index (χ3n) is 6.57. The summed E-state index contributed by atoms with van der Waals surface area (Å²) in [6.07, 6.45) is -3.68. The lowest BCUT2D eigenvalue weighted by molar-refractivity contribution is -0.203. The second-order valence-electron chi connectivity index (χ2n) is 8.89. The molecule has 1 atom stereocenters. The van der Waals surface area contributed by atoms with E-state index in [1.54, 1.807) is 40.1 Å². The molecule has 3 aromatic rings. The largest absolute Gasteiger partial charge is 0.495 e. The molecule has 1 fully saturated rings. The van der Waals surface area contributed by atoms with Crippen molar-refractivity contribution in [3.63, 3.8) is 0 Å². The lowest BCUT2D eigenvalue weighted by Gasteiger charge is -2.29. The van der Waals surface area contributed by atoms with E-state index >= 15 is 0 Å². The molecule has 194 valence electrons. The third kappa shape index (κ3) is 4.98. The van der Waals surface area contributed by atoms with E-state index in [0.29, 0.717) is 47.5 Å². The van der Waals surface area contributed by atoms with Crippen LogP contribution >= 0.6 is 11.6 Å². The number of nitrogens with zero attached hydrogens (tertiary/aromatic N) is 3. The Labute approximate surface area is 215 Å². The van der Waals surface area contributed by atoms with Crippen molar-refractivity contribution in [1.82, 2.24) is 4.57 Å². The van der Waals surface area contributed by atoms with Gasteiger partial charge in [-0.05, 0) is 35.9 Å². The van der Waals surface area contributed by atoms with Crippen molar-refractivity contribution in [3.05, 3.63) is 65.4 Å². The minimum atomic E-state index is -5.02. The van der Waals surface area contributed by atoms with Crippen molar-refractivity contribution >= 4 is 34.9 Å². The molecule has 0 saturated carbocycles. The highest BCUT2D eigenvalue weighted by atomic mass is 35.5. The van der Waals surface area contributed by atoms with Crippen molar-refractivity contribution in [3.8, 4) is 16.9 Å². The molecule has 0 N–H and O–H groups in total. The molecule has 0 radical (unpaired) electrons. The van der Waals surface area contributed by atoms with Crippen LogP contribution in [-0.2, 0) is 16.1 Å². The fraction of sp³-hybridized carbons (Fsp3) is 0.308. The number of fused-ring (bicyclic) bond motifs is 1. The number of rotatable bonds is 5. The minimum absolute atomic E-state index is 0.112. The van der Waals surface area contributed by atoms with E-state index in [9.17, 15) is 22.8 Å². The maximum absolute atomic E-state index is 13.4. The van der Waals surface area contributed by atoms with E-state index in [4.69, 9.17) is 16.3 Å². The van der Waals surface area contributed by atoms with Crippen molar-refractivity contribution in [1.29, 1.82) is 0 Å². The molecular weight excluding hydrogens is 511 g/mol. The number of methoxy groups -OCH3 is 1. The first kappa shape index (κ1) is 25.0. The van der Waals surface area contributed by atoms with Gasteiger partial charge in [-0.1, -0.05) is 23.7 Å². The summed E-state index contributed by atoms with van der Waals surface area (Å²) >= 11 is 5.99. The van der Waals surface area contributed by atoms with Gasteiger partial charge in [-0.25, -0.2) is 4.79 Å². The van der Waals surface area contributed by atoms with Crippen LogP contribution in [0.15, 0.2) is 54.7 Å². The number of carbonyl (C=O) groups excluding carboxylic acids is 2. The number of amides is 1. The van der Waals surface area contributed by atoms with Gasteiger partial charge in [-0.2, -0.15) is 13.2 Å². The van der Waals surface area contributed by atoms with Crippen molar-refractivity contribution in [2.24, 2.45) is 0 Å². The predicted molar refractivity (Wildman–Crippen MR) is 132 cm³/mol. The van der Waals surface area contributed by atoms with Crippen LogP contribution in [0.4, 0.5) is 24.5 Å². The van der Waals surface area contributed by atoms with Crippen LogP contribution in [-0.4, -0.2) is 55.5 Å². The van der Waals surface area contributed by atoms with E-state index in [1.807, 2.05) is 29.0 Å². The van der Waals surface area contributed by atoms with E-state index in [1.165, 1.54) is 7.11 Å². The van der Waals surface area contributed by atoms with E-state index in [2.05, 4.69) is 4.74 Å². The first-order valence-corrected chi connectivity index (χ1v) is 12.0. The number of alkyl halides is 3. The van der Waals surface area contributed by atoms with Gasteiger partial charge in [0.2, 0.25) is 0 Å². The van der Waals surface area contributed by atoms with E-state index in [0.717, 1.165) is 11.1 Å². The fourth-order valence-corrected chi connectivity index (χ4v) is 4.85. The summed E-state index contributed by atoms with van der Waals surface area (Å²) < 4.78 is 49.7. The zero-order valence-electron chi connectivity index (χ0n) is 19.8. The highest BCUT2D eigenvalue weighted by molar-refractivity contribution is 6.30. The first-order chi connectivity index (χ1) is 17.6. The average molecular weight is 534 g/mol. The van der Waals surface area contributed by atoms with Gasteiger partial charge >= 0.3 is 12.1 Å². The lowest BCUT2D eigenvalue weighted by Crippen LogP contribution is -2.40. The molecule has 1 saturated heterocycles.